The lowest BCUT2D eigenvalue weighted by molar-refractivity contribution is -0.125. The van der Waals surface area contributed by atoms with Crippen LogP contribution in [0.1, 0.15) is 49.4 Å². The van der Waals surface area contributed by atoms with Crippen LogP contribution >= 0.6 is 7.80 Å². The Morgan fingerprint density at radius 3 is 2.44 bits per heavy atom. The lowest BCUT2D eigenvalue weighted by atomic mass is 10.0. The number of amides is 2. The molecule has 1 unspecified atom stereocenters. The molecule has 0 radical (unpaired) electrons. The van der Waals surface area contributed by atoms with E-state index in [4.69, 9.17) is 0 Å². The van der Waals surface area contributed by atoms with Gasteiger partial charge in [0.15, 0.2) is 5.66 Å². The number of hydrogen-bond acceptors (Lipinski definition) is 3. The summed E-state index contributed by atoms with van der Waals surface area (Å²) in [7, 11) is -2.73. The molecule has 0 aliphatic carbocycles. The Bertz CT molecular complexity index is 1180. The third-order valence-corrected chi connectivity index (χ3v) is 8.19. The number of carbonyl (C=O) groups excluding carboxylic acids is 2. The number of halogens is 2. The van der Waals surface area contributed by atoms with E-state index in [9.17, 15) is 22.9 Å². The average molecular weight is 485 g/mol. The molecule has 2 atom stereocenters. The Balaban J connectivity index is 1.45. The van der Waals surface area contributed by atoms with Crippen LogP contribution in [0.25, 0.3) is 5.57 Å². The Kier molecular flexibility index (Phi) is 6.68. The molecule has 0 saturated carbocycles. The van der Waals surface area contributed by atoms with Crippen molar-refractivity contribution in [1.82, 2.24) is 5.32 Å². The van der Waals surface area contributed by atoms with Gasteiger partial charge in [-0.05, 0) is 74.4 Å². The summed E-state index contributed by atoms with van der Waals surface area (Å²) < 4.78 is 40.9. The third-order valence-electron chi connectivity index (χ3n) is 6.44. The molecule has 8 heteroatoms. The van der Waals surface area contributed by atoms with Gasteiger partial charge < -0.3 is 10.2 Å². The average Bonchev–Trinajstić information content (AvgIpc) is 3.20. The summed E-state index contributed by atoms with van der Waals surface area (Å²) in [6, 6.07) is 10.9. The zero-order chi connectivity index (χ0) is 24.6. The van der Waals surface area contributed by atoms with Crippen molar-refractivity contribution in [3.8, 4) is 0 Å². The van der Waals surface area contributed by atoms with Crippen molar-refractivity contribution in [2.45, 2.75) is 57.4 Å². The molecule has 2 aromatic carbocycles. The van der Waals surface area contributed by atoms with Gasteiger partial charge in [-0.25, -0.2) is 0 Å². The summed E-state index contributed by atoms with van der Waals surface area (Å²) in [4.78, 5) is 27.6. The summed E-state index contributed by atoms with van der Waals surface area (Å²) in [5.41, 5.74) is 0.102. The summed E-state index contributed by atoms with van der Waals surface area (Å²) in [5, 5.41) is 2.83. The second-order valence-electron chi connectivity index (χ2n) is 9.13. The second-order valence-corrected chi connectivity index (χ2v) is 11.4. The molecule has 2 aliphatic heterocycles. The van der Waals surface area contributed by atoms with Gasteiger partial charge in [-0.2, -0.15) is 8.78 Å². The summed E-state index contributed by atoms with van der Waals surface area (Å²) >= 11 is 0. The van der Waals surface area contributed by atoms with Gasteiger partial charge in [0.25, 0.3) is 0 Å². The van der Waals surface area contributed by atoms with Crippen molar-refractivity contribution in [3.05, 3.63) is 70.8 Å². The number of nitrogens with zero attached hydrogens (tertiary/aromatic N) is 1. The van der Waals surface area contributed by atoms with Gasteiger partial charge in [0.1, 0.15) is 6.04 Å². The largest absolute Gasteiger partial charge is 0.469 e. The highest BCUT2D eigenvalue weighted by Crippen LogP contribution is 2.52. The zero-order valence-corrected chi connectivity index (χ0v) is 20.4. The van der Waals surface area contributed by atoms with Crippen LogP contribution in [-0.2, 0) is 32.7 Å². The van der Waals surface area contributed by atoms with E-state index in [0.29, 0.717) is 30.5 Å². The smallest absolute Gasteiger partial charge is 0.341 e. The Hall–Kier alpha value is -2.92. The molecule has 2 aromatic rings. The van der Waals surface area contributed by atoms with Crippen molar-refractivity contribution < 1.29 is 22.9 Å². The number of allylic oxidation sites excluding steroid dienone is 1. The molecule has 34 heavy (non-hydrogen) atoms. The summed E-state index contributed by atoms with van der Waals surface area (Å²) in [6.45, 7) is 5.34. The first kappa shape index (κ1) is 24.2. The first-order valence-corrected chi connectivity index (χ1v) is 12.8. The predicted molar refractivity (Wildman–Crippen MR) is 129 cm³/mol. The van der Waals surface area contributed by atoms with Gasteiger partial charge in [-0.15, -0.1) is 0 Å². The second kappa shape index (κ2) is 9.38. The van der Waals surface area contributed by atoms with Crippen LogP contribution in [-0.4, -0.2) is 30.1 Å². The van der Waals surface area contributed by atoms with Crippen molar-refractivity contribution >= 4 is 30.9 Å². The zero-order valence-electron chi connectivity index (χ0n) is 19.5. The van der Waals surface area contributed by atoms with Gasteiger partial charge in [-0.3, -0.25) is 9.59 Å². The molecule has 0 fully saturated rings. The monoisotopic (exact) mass is 485 g/mol. The molecule has 178 valence electrons. The standard InChI is InChI=1S/C26H27F2N2O3P/c1-16(2)34(33)26(27,28)21-10-7-18(8-11-21)17(3)15-23(31)29-22-12-9-19-5-4-6-20-13-14-30(24(19)20)25(22)32/h4-8,10-11,15-16,22H,9,12-14H2,1-3H3/p+1/b17-15+/t22-/m0/s1. The minimum absolute atomic E-state index is 0.103. The number of nitrogens with one attached hydrogen (secondary N) is 1. The van der Waals surface area contributed by atoms with Crippen LogP contribution in [0.3, 0.4) is 0 Å². The maximum atomic E-state index is 14.4. The number of carbonyl (C=O) groups is 2. The van der Waals surface area contributed by atoms with Crippen LogP contribution < -0.4 is 10.2 Å². The molecule has 0 spiro atoms. The van der Waals surface area contributed by atoms with Gasteiger partial charge in [-0.1, -0.05) is 34.9 Å². The van der Waals surface area contributed by atoms with Crippen LogP contribution in [0.5, 0.6) is 0 Å². The molecule has 0 saturated heterocycles. The minimum Gasteiger partial charge on any atom is -0.341 e. The van der Waals surface area contributed by atoms with E-state index in [1.807, 2.05) is 18.2 Å². The molecule has 1 N–H and O–H groups in total. The third kappa shape index (κ3) is 4.54. The first-order valence-electron chi connectivity index (χ1n) is 11.5. The van der Waals surface area contributed by atoms with E-state index in [1.54, 1.807) is 11.8 Å². The highest BCUT2D eigenvalue weighted by atomic mass is 31.1. The van der Waals surface area contributed by atoms with Crippen LogP contribution in [0.15, 0.2) is 48.5 Å². The van der Waals surface area contributed by atoms with E-state index < -0.39 is 31.1 Å². The molecule has 0 bridgehead atoms. The minimum atomic E-state index is -3.41. The number of alkyl halides is 2. The van der Waals surface area contributed by atoms with Gasteiger partial charge >= 0.3 is 13.5 Å². The van der Waals surface area contributed by atoms with E-state index in [1.165, 1.54) is 49.8 Å². The Morgan fingerprint density at radius 1 is 1.15 bits per heavy atom. The number of anilines is 1. The maximum Gasteiger partial charge on any atom is 0.469 e. The van der Waals surface area contributed by atoms with Gasteiger partial charge in [0, 0.05) is 12.6 Å². The molecule has 2 aliphatic rings. The summed E-state index contributed by atoms with van der Waals surface area (Å²) in [5.74, 6) is -0.507. The van der Waals surface area contributed by atoms with Gasteiger partial charge in [0.2, 0.25) is 11.8 Å². The number of rotatable bonds is 6. The Labute approximate surface area is 199 Å². The lowest BCUT2D eigenvalue weighted by Gasteiger charge is -2.22. The van der Waals surface area contributed by atoms with Crippen molar-refractivity contribution in [2.24, 2.45) is 0 Å². The van der Waals surface area contributed by atoms with E-state index in [0.717, 1.165) is 17.7 Å². The molecular weight excluding hydrogens is 457 g/mol. The molecular formula is C26H28F2N2O3P+. The van der Waals surface area contributed by atoms with Crippen molar-refractivity contribution in [1.29, 1.82) is 0 Å². The fourth-order valence-electron chi connectivity index (χ4n) is 4.58. The molecule has 5 nitrogen and oxygen atoms in total. The quantitative estimate of drug-likeness (QED) is 0.441. The highest BCUT2D eigenvalue weighted by molar-refractivity contribution is 7.46. The van der Waals surface area contributed by atoms with E-state index >= 15 is 0 Å². The topological polar surface area (TPSA) is 66.5 Å². The SMILES string of the molecule is C/C(=C\C(=O)N[C@H]1CCc2cccc3c2N(CC3)C1=O)c1ccc(C(F)(F)[P+](=O)C(C)C)cc1. The fourth-order valence-corrected chi connectivity index (χ4v) is 5.64. The van der Waals surface area contributed by atoms with Crippen molar-refractivity contribution in [2.75, 3.05) is 11.4 Å². The number of hydrogen-bond donors (Lipinski definition) is 1. The number of benzene rings is 2. The Morgan fingerprint density at radius 2 is 1.79 bits per heavy atom. The van der Waals surface area contributed by atoms with Crippen molar-refractivity contribution in [3.63, 3.8) is 0 Å². The fraction of sp³-hybridized carbons (Fsp3) is 0.385. The number of aryl methyl sites for hydroxylation is 1. The predicted octanol–water partition coefficient (Wildman–Crippen LogP) is 5.40. The molecule has 2 amide bonds. The number of para-hydroxylation sites is 1. The summed E-state index contributed by atoms with van der Waals surface area (Å²) in [6.07, 6.45) is 3.41. The molecule has 0 aromatic heterocycles. The molecule has 4 rings (SSSR count). The normalized spacial score (nSPS) is 18.6. The molecule has 2 heterocycles. The first-order chi connectivity index (χ1) is 16.1. The van der Waals surface area contributed by atoms with Crippen LogP contribution in [0.2, 0.25) is 0 Å². The lowest BCUT2D eigenvalue weighted by Crippen LogP contribution is -2.47. The van der Waals surface area contributed by atoms with E-state index in [-0.39, 0.29) is 11.5 Å². The van der Waals surface area contributed by atoms with Gasteiger partial charge in [0.05, 0.1) is 11.3 Å². The maximum absolute atomic E-state index is 14.4. The van der Waals surface area contributed by atoms with Crippen LogP contribution in [0.4, 0.5) is 14.5 Å². The van der Waals surface area contributed by atoms with E-state index in [2.05, 4.69) is 5.32 Å². The van der Waals surface area contributed by atoms with Crippen LogP contribution in [0, 0.1) is 0 Å². The highest BCUT2D eigenvalue weighted by Gasteiger charge is 2.54.